The molecule has 2 aromatic heterocycles. The molecule has 33 heavy (non-hydrogen) atoms. The van der Waals surface area contributed by atoms with Crippen molar-refractivity contribution in [3.05, 3.63) is 52.5 Å². The van der Waals surface area contributed by atoms with E-state index in [0.717, 1.165) is 48.3 Å². The molecule has 0 spiro atoms. The Kier molecular flexibility index (Phi) is 7.61. The molecule has 3 aromatic rings. The number of thioether (sulfide) groups is 1. The van der Waals surface area contributed by atoms with Crippen LogP contribution in [-0.4, -0.2) is 41.3 Å². The number of benzene rings is 1. The van der Waals surface area contributed by atoms with Gasteiger partial charge in [-0.1, -0.05) is 11.8 Å². The van der Waals surface area contributed by atoms with Crippen LogP contribution in [0.1, 0.15) is 40.6 Å². The SMILES string of the molecule is CCOC(=O)c1c(NC(=O)CSc2nccc(-c3ccc(OC)cc3)n2)sc2c1CCCC2. The van der Waals surface area contributed by atoms with E-state index >= 15 is 0 Å². The van der Waals surface area contributed by atoms with Crippen LogP contribution >= 0.6 is 23.1 Å². The molecule has 0 saturated heterocycles. The van der Waals surface area contributed by atoms with Crippen LogP contribution in [0.5, 0.6) is 5.75 Å². The van der Waals surface area contributed by atoms with Crippen molar-refractivity contribution in [3.63, 3.8) is 0 Å². The number of methoxy groups -OCH3 is 1. The van der Waals surface area contributed by atoms with E-state index in [-0.39, 0.29) is 17.6 Å². The summed E-state index contributed by atoms with van der Waals surface area (Å²) in [7, 11) is 1.63. The number of aryl methyl sites for hydroxylation is 1. The molecule has 1 aromatic carbocycles. The van der Waals surface area contributed by atoms with Gasteiger partial charge >= 0.3 is 5.97 Å². The number of amides is 1. The quantitative estimate of drug-likeness (QED) is 0.274. The van der Waals surface area contributed by atoms with Crippen LogP contribution in [-0.2, 0) is 22.4 Å². The maximum atomic E-state index is 12.7. The van der Waals surface area contributed by atoms with Gasteiger partial charge in [0.15, 0.2) is 5.16 Å². The van der Waals surface area contributed by atoms with Crippen LogP contribution in [0.2, 0.25) is 0 Å². The van der Waals surface area contributed by atoms with Gasteiger partial charge in [0, 0.05) is 16.6 Å². The molecule has 0 unspecified atom stereocenters. The summed E-state index contributed by atoms with van der Waals surface area (Å²) in [4.78, 5) is 35.3. The molecule has 0 fully saturated rings. The minimum absolute atomic E-state index is 0.136. The lowest BCUT2D eigenvalue weighted by Gasteiger charge is -2.12. The molecule has 4 rings (SSSR count). The van der Waals surface area contributed by atoms with E-state index in [1.807, 2.05) is 30.3 Å². The number of aromatic nitrogens is 2. The van der Waals surface area contributed by atoms with Crippen molar-refractivity contribution in [2.75, 3.05) is 24.8 Å². The molecule has 9 heteroatoms. The highest BCUT2D eigenvalue weighted by Gasteiger charge is 2.27. The zero-order valence-corrected chi connectivity index (χ0v) is 20.2. The van der Waals surface area contributed by atoms with Crippen LogP contribution in [0.25, 0.3) is 11.3 Å². The largest absolute Gasteiger partial charge is 0.497 e. The van der Waals surface area contributed by atoms with E-state index in [9.17, 15) is 9.59 Å². The van der Waals surface area contributed by atoms with Gasteiger partial charge in [0.1, 0.15) is 10.8 Å². The van der Waals surface area contributed by atoms with Crippen molar-refractivity contribution in [1.29, 1.82) is 0 Å². The van der Waals surface area contributed by atoms with Gasteiger partial charge < -0.3 is 14.8 Å². The second-order valence-corrected chi connectivity index (χ2v) is 9.47. The first-order valence-electron chi connectivity index (χ1n) is 10.8. The lowest BCUT2D eigenvalue weighted by molar-refractivity contribution is -0.113. The summed E-state index contributed by atoms with van der Waals surface area (Å²) in [5.41, 5.74) is 3.26. The number of anilines is 1. The summed E-state index contributed by atoms with van der Waals surface area (Å²) < 4.78 is 10.5. The highest BCUT2D eigenvalue weighted by atomic mass is 32.2. The minimum Gasteiger partial charge on any atom is -0.497 e. The zero-order chi connectivity index (χ0) is 23.2. The van der Waals surface area contributed by atoms with E-state index in [2.05, 4.69) is 15.3 Å². The first-order chi connectivity index (χ1) is 16.1. The highest BCUT2D eigenvalue weighted by Crippen LogP contribution is 2.38. The molecule has 0 bridgehead atoms. The monoisotopic (exact) mass is 483 g/mol. The predicted octanol–water partition coefficient (Wildman–Crippen LogP) is 5.00. The lowest BCUT2D eigenvalue weighted by Crippen LogP contribution is -2.17. The summed E-state index contributed by atoms with van der Waals surface area (Å²) in [5.74, 6) is 0.339. The lowest BCUT2D eigenvalue weighted by atomic mass is 9.95. The molecule has 1 aliphatic rings. The number of hydrogen-bond acceptors (Lipinski definition) is 8. The van der Waals surface area contributed by atoms with Gasteiger partial charge in [0.25, 0.3) is 0 Å². The Morgan fingerprint density at radius 3 is 2.70 bits per heavy atom. The van der Waals surface area contributed by atoms with Gasteiger partial charge in [-0.05, 0) is 68.5 Å². The van der Waals surface area contributed by atoms with E-state index in [4.69, 9.17) is 9.47 Å². The Morgan fingerprint density at radius 1 is 1.15 bits per heavy atom. The maximum Gasteiger partial charge on any atom is 0.341 e. The fourth-order valence-electron chi connectivity index (χ4n) is 3.70. The van der Waals surface area contributed by atoms with Crippen LogP contribution in [0.15, 0.2) is 41.7 Å². The highest BCUT2D eigenvalue weighted by molar-refractivity contribution is 7.99. The molecule has 2 heterocycles. The Balaban J connectivity index is 1.44. The Hall–Kier alpha value is -2.91. The summed E-state index contributed by atoms with van der Waals surface area (Å²) in [6, 6.07) is 9.43. The standard InChI is InChI=1S/C24H25N3O4S2/c1-3-31-23(29)21-17-6-4-5-7-19(17)33-22(21)27-20(28)14-32-24-25-13-12-18(26-24)15-8-10-16(30-2)11-9-15/h8-13H,3-7,14H2,1-2H3,(H,27,28). The molecule has 172 valence electrons. The normalized spacial score (nSPS) is 12.7. The van der Waals surface area contributed by atoms with Gasteiger partial charge in [-0.2, -0.15) is 0 Å². The smallest absolute Gasteiger partial charge is 0.341 e. The van der Waals surface area contributed by atoms with Crippen molar-refractivity contribution >= 4 is 40.0 Å². The summed E-state index contributed by atoms with van der Waals surface area (Å²) in [6.07, 6.45) is 5.60. The number of hydrogen-bond donors (Lipinski definition) is 1. The Labute approximate surface area is 200 Å². The van der Waals surface area contributed by atoms with Gasteiger partial charge in [-0.15, -0.1) is 11.3 Å². The maximum absolute atomic E-state index is 12.7. The number of carbonyl (C=O) groups excluding carboxylic acids is 2. The van der Waals surface area contributed by atoms with Crippen molar-refractivity contribution in [2.45, 2.75) is 37.8 Å². The van der Waals surface area contributed by atoms with Gasteiger partial charge in [-0.3, -0.25) is 4.79 Å². The van der Waals surface area contributed by atoms with Crippen LogP contribution in [0.3, 0.4) is 0 Å². The number of nitrogens with one attached hydrogen (secondary N) is 1. The van der Waals surface area contributed by atoms with Gasteiger partial charge in [0.2, 0.25) is 5.91 Å². The average Bonchev–Trinajstić information content (AvgIpc) is 3.21. The van der Waals surface area contributed by atoms with Crippen LogP contribution in [0, 0.1) is 0 Å². The second kappa shape index (κ2) is 10.8. The number of rotatable bonds is 8. The molecule has 0 aliphatic heterocycles. The van der Waals surface area contributed by atoms with Crippen molar-refractivity contribution in [3.8, 4) is 17.0 Å². The van der Waals surface area contributed by atoms with Crippen LogP contribution < -0.4 is 10.1 Å². The Bertz CT molecular complexity index is 1150. The first kappa shape index (κ1) is 23.3. The number of carbonyl (C=O) groups is 2. The predicted molar refractivity (Wildman–Crippen MR) is 130 cm³/mol. The Morgan fingerprint density at radius 2 is 1.94 bits per heavy atom. The van der Waals surface area contributed by atoms with Crippen LogP contribution in [0.4, 0.5) is 5.00 Å². The third kappa shape index (κ3) is 5.54. The molecule has 0 atom stereocenters. The minimum atomic E-state index is -0.365. The molecule has 7 nitrogen and oxygen atoms in total. The van der Waals surface area contributed by atoms with Gasteiger partial charge in [0.05, 0.1) is 30.7 Å². The zero-order valence-electron chi connectivity index (χ0n) is 18.6. The third-order valence-corrected chi connectivity index (χ3v) is 7.32. The number of thiophene rings is 1. The number of nitrogens with zero attached hydrogens (tertiary/aromatic N) is 2. The third-order valence-electron chi connectivity index (χ3n) is 5.26. The molecular formula is C24H25N3O4S2. The summed E-state index contributed by atoms with van der Waals surface area (Å²) in [5, 5.41) is 4.02. The van der Waals surface area contributed by atoms with E-state index in [0.29, 0.717) is 22.3 Å². The summed E-state index contributed by atoms with van der Waals surface area (Å²) in [6.45, 7) is 2.08. The average molecular weight is 484 g/mol. The first-order valence-corrected chi connectivity index (χ1v) is 12.6. The topological polar surface area (TPSA) is 90.4 Å². The fourth-order valence-corrected chi connectivity index (χ4v) is 5.62. The van der Waals surface area contributed by atoms with E-state index < -0.39 is 0 Å². The van der Waals surface area contributed by atoms with Crippen molar-refractivity contribution < 1.29 is 19.1 Å². The molecule has 0 radical (unpaired) electrons. The molecule has 1 N–H and O–H groups in total. The molecular weight excluding hydrogens is 458 g/mol. The molecule has 0 saturated carbocycles. The van der Waals surface area contributed by atoms with Crippen molar-refractivity contribution in [2.24, 2.45) is 0 Å². The summed E-state index contributed by atoms with van der Waals surface area (Å²) >= 11 is 2.74. The second-order valence-electron chi connectivity index (χ2n) is 7.43. The van der Waals surface area contributed by atoms with Crippen molar-refractivity contribution in [1.82, 2.24) is 9.97 Å². The van der Waals surface area contributed by atoms with E-state index in [1.165, 1.54) is 28.0 Å². The fraction of sp³-hybridized carbons (Fsp3) is 0.333. The number of ether oxygens (including phenoxy) is 2. The van der Waals surface area contributed by atoms with Gasteiger partial charge in [-0.25, -0.2) is 14.8 Å². The molecule has 1 amide bonds. The van der Waals surface area contributed by atoms with E-state index in [1.54, 1.807) is 20.2 Å². The molecule has 1 aliphatic carbocycles. The number of esters is 1. The number of fused-ring (bicyclic) bond motifs is 1.